The summed E-state index contributed by atoms with van der Waals surface area (Å²) in [6.45, 7) is 4.55. The molecule has 5 rings (SSSR count). The Bertz CT molecular complexity index is 555. The fourth-order valence-corrected chi connectivity index (χ4v) is 7.01. The van der Waals surface area contributed by atoms with Gasteiger partial charge in [0.05, 0.1) is 12.2 Å². The molecule has 0 aromatic carbocycles. The van der Waals surface area contributed by atoms with E-state index in [0.717, 1.165) is 64.9 Å². The Labute approximate surface area is 174 Å². The van der Waals surface area contributed by atoms with Crippen molar-refractivity contribution in [2.75, 3.05) is 39.9 Å². The second-order valence-electron chi connectivity index (χ2n) is 10.1. The summed E-state index contributed by atoms with van der Waals surface area (Å²) in [7, 11) is 1.75. The SMILES string of the molecule is COCCN1CCCC(CNC(=O)CC23CC4CC(CC(O)(C4)C2)C3)C1.O=CO. The van der Waals surface area contributed by atoms with E-state index in [9.17, 15) is 9.90 Å². The Balaban J connectivity index is 0.000000755. The average Bonchev–Trinajstić information content (AvgIpc) is 2.63. The van der Waals surface area contributed by atoms with E-state index >= 15 is 0 Å². The molecule has 166 valence electrons. The van der Waals surface area contributed by atoms with Gasteiger partial charge in [-0.25, -0.2) is 0 Å². The fourth-order valence-electron chi connectivity index (χ4n) is 7.01. The van der Waals surface area contributed by atoms with Gasteiger partial charge in [-0.05, 0) is 81.1 Å². The van der Waals surface area contributed by atoms with Crippen LogP contribution in [0.1, 0.15) is 57.8 Å². The lowest BCUT2D eigenvalue weighted by Gasteiger charge is -2.60. The van der Waals surface area contributed by atoms with E-state index in [1.807, 2.05) is 0 Å². The number of nitrogens with one attached hydrogen (secondary N) is 1. The Morgan fingerprint density at radius 2 is 1.97 bits per heavy atom. The highest BCUT2D eigenvalue weighted by Gasteiger charge is 2.57. The van der Waals surface area contributed by atoms with Crippen LogP contribution < -0.4 is 5.32 Å². The maximum absolute atomic E-state index is 12.7. The van der Waals surface area contributed by atoms with E-state index in [-0.39, 0.29) is 17.8 Å². The van der Waals surface area contributed by atoms with E-state index in [1.54, 1.807) is 7.11 Å². The van der Waals surface area contributed by atoms with Gasteiger partial charge in [-0.2, -0.15) is 0 Å². The van der Waals surface area contributed by atoms with Crippen LogP contribution in [0.25, 0.3) is 0 Å². The molecule has 7 nitrogen and oxygen atoms in total. The summed E-state index contributed by atoms with van der Waals surface area (Å²) in [6, 6.07) is 0. The van der Waals surface area contributed by atoms with Gasteiger partial charge in [-0.15, -0.1) is 0 Å². The number of amides is 1. The molecule has 1 aliphatic heterocycles. The molecule has 1 amide bonds. The first kappa shape index (κ1) is 22.5. The van der Waals surface area contributed by atoms with Crippen molar-refractivity contribution in [2.45, 2.75) is 63.4 Å². The third-order valence-electron chi connectivity index (χ3n) is 7.49. The molecule has 1 saturated heterocycles. The van der Waals surface area contributed by atoms with E-state index in [1.165, 1.54) is 19.3 Å². The highest BCUT2D eigenvalue weighted by Crippen LogP contribution is 2.62. The van der Waals surface area contributed by atoms with Gasteiger partial charge < -0.3 is 25.2 Å². The van der Waals surface area contributed by atoms with Crippen LogP contribution in [0, 0.1) is 23.2 Å². The van der Waals surface area contributed by atoms with Gasteiger partial charge >= 0.3 is 0 Å². The third kappa shape index (κ3) is 5.92. The summed E-state index contributed by atoms with van der Waals surface area (Å²) in [4.78, 5) is 23.5. The molecule has 4 saturated carbocycles. The van der Waals surface area contributed by atoms with Crippen LogP contribution in [0.15, 0.2) is 0 Å². The second-order valence-corrected chi connectivity index (χ2v) is 10.1. The molecular weight excluding hydrogens is 372 g/mol. The standard InChI is InChI=1S/C21H36N2O3.CH2O2/c1-26-6-5-23-4-2-3-16(14-23)13-22-19(24)12-20-8-17-7-18(9-20)11-21(25,10-17)15-20;2-1-3/h16-18,25H,2-15H2,1H3,(H,22,24);1H,(H,2,3). The molecular formula is C22H38N2O5. The molecule has 0 aromatic heterocycles. The summed E-state index contributed by atoms with van der Waals surface area (Å²) in [6.07, 6.45) is 9.46. The lowest BCUT2D eigenvalue weighted by molar-refractivity contribution is -0.169. The van der Waals surface area contributed by atoms with E-state index in [4.69, 9.17) is 14.6 Å². The number of hydrogen-bond donors (Lipinski definition) is 3. The first-order valence-corrected chi connectivity index (χ1v) is 11.2. The number of piperidine rings is 1. The zero-order valence-corrected chi connectivity index (χ0v) is 17.8. The van der Waals surface area contributed by atoms with Crippen LogP contribution in [0.4, 0.5) is 0 Å². The Hall–Kier alpha value is -1.18. The molecule has 7 heteroatoms. The molecule has 0 aromatic rings. The van der Waals surface area contributed by atoms with Crippen molar-refractivity contribution in [3.8, 4) is 0 Å². The smallest absolute Gasteiger partial charge is 0.290 e. The van der Waals surface area contributed by atoms with Crippen molar-refractivity contribution in [2.24, 2.45) is 23.2 Å². The van der Waals surface area contributed by atoms with Crippen LogP contribution in [-0.2, 0) is 14.3 Å². The minimum Gasteiger partial charge on any atom is -0.483 e. The fraction of sp³-hybridized carbons (Fsp3) is 0.909. The average molecular weight is 411 g/mol. The van der Waals surface area contributed by atoms with Gasteiger partial charge in [-0.3, -0.25) is 9.59 Å². The van der Waals surface area contributed by atoms with Crippen molar-refractivity contribution in [3.05, 3.63) is 0 Å². The van der Waals surface area contributed by atoms with Gasteiger partial charge in [0.15, 0.2) is 0 Å². The van der Waals surface area contributed by atoms with Crippen molar-refractivity contribution >= 4 is 12.4 Å². The number of rotatable bonds is 7. The third-order valence-corrected chi connectivity index (χ3v) is 7.49. The molecule has 29 heavy (non-hydrogen) atoms. The summed E-state index contributed by atoms with van der Waals surface area (Å²) < 4.78 is 5.19. The molecule has 3 unspecified atom stereocenters. The first-order chi connectivity index (χ1) is 13.9. The minimum absolute atomic E-state index is 0.0833. The van der Waals surface area contributed by atoms with Gasteiger partial charge in [-0.1, -0.05) is 0 Å². The summed E-state index contributed by atoms with van der Waals surface area (Å²) in [5, 5.41) is 21.0. The zero-order valence-electron chi connectivity index (χ0n) is 17.8. The lowest BCUT2D eigenvalue weighted by Crippen LogP contribution is -2.56. The number of aliphatic hydroxyl groups is 1. The molecule has 3 atom stereocenters. The van der Waals surface area contributed by atoms with E-state index < -0.39 is 5.60 Å². The molecule has 5 fully saturated rings. The normalized spacial score (nSPS) is 38.2. The number of nitrogens with zero attached hydrogens (tertiary/aromatic N) is 1. The largest absolute Gasteiger partial charge is 0.483 e. The van der Waals surface area contributed by atoms with Crippen molar-refractivity contribution in [1.82, 2.24) is 10.2 Å². The number of carbonyl (C=O) groups is 2. The Morgan fingerprint density at radius 3 is 2.59 bits per heavy atom. The monoisotopic (exact) mass is 410 g/mol. The van der Waals surface area contributed by atoms with Gasteiger partial charge in [0.1, 0.15) is 0 Å². The van der Waals surface area contributed by atoms with Crippen LogP contribution in [-0.4, -0.2) is 73.0 Å². The lowest BCUT2D eigenvalue weighted by atomic mass is 9.47. The number of ether oxygens (including phenoxy) is 1. The van der Waals surface area contributed by atoms with Crippen molar-refractivity contribution in [1.29, 1.82) is 0 Å². The van der Waals surface area contributed by atoms with Gasteiger partial charge in [0.25, 0.3) is 6.47 Å². The van der Waals surface area contributed by atoms with Crippen LogP contribution >= 0.6 is 0 Å². The van der Waals surface area contributed by atoms with Crippen LogP contribution in [0.2, 0.25) is 0 Å². The van der Waals surface area contributed by atoms with E-state index in [2.05, 4.69) is 10.2 Å². The van der Waals surface area contributed by atoms with Crippen molar-refractivity contribution < 1.29 is 24.5 Å². The van der Waals surface area contributed by atoms with Gasteiger partial charge in [0, 0.05) is 33.2 Å². The van der Waals surface area contributed by atoms with Crippen LogP contribution in [0.3, 0.4) is 0 Å². The first-order valence-electron chi connectivity index (χ1n) is 11.2. The number of carboxylic acid groups (broad SMARTS) is 1. The van der Waals surface area contributed by atoms with Crippen LogP contribution in [0.5, 0.6) is 0 Å². The highest BCUT2D eigenvalue weighted by atomic mass is 16.5. The number of methoxy groups -OCH3 is 1. The Kier molecular flexibility index (Phi) is 7.57. The van der Waals surface area contributed by atoms with Gasteiger partial charge in [0.2, 0.25) is 5.91 Å². The molecule has 4 bridgehead atoms. The highest BCUT2D eigenvalue weighted by molar-refractivity contribution is 5.76. The zero-order chi connectivity index (χ0) is 20.9. The molecule has 1 heterocycles. The molecule has 5 aliphatic rings. The summed E-state index contributed by atoms with van der Waals surface area (Å²) >= 11 is 0. The predicted molar refractivity (Wildman–Crippen MR) is 109 cm³/mol. The second kappa shape index (κ2) is 9.75. The summed E-state index contributed by atoms with van der Waals surface area (Å²) in [5.41, 5.74) is -0.379. The van der Waals surface area contributed by atoms with E-state index in [0.29, 0.717) is 24.2 Å². The quantitative estimate of drug-likeness (QED) is 0.554. The molecule has 4 aliphatic carbocycles. The topological polar surface area (TPSA) is 99.1 Å². The maximum atomic E-state index is 12.7. The molecule has 0 spiro atoms. The Morgan fingerprint density at radius 1 is 1.28 bits per heavy atom. The number of carbonyl (C=O) groups excluding carboxylic acids is 1. The minimum atomic E-state index is -0.463. The maximum Gasteiger partial charge on any atom is 0.290 e. The van der Waals surface area contributed by atoms with Crippen molar-refractivity contribution in [3.63, 3.8) is 0 Å². The molecule has 0 radical (unpaired) electrons. The number of hydrogen-bond acceptors (Lipinski definition) is 5. The summed E-state index contributed by atoms with van der Waals surface area (Å²) in [5.74, 6) is 2.08. The predicted octanol–water partition coefficient (Wildman–Crippen LogP) is 1.88. The number of likely N-dealkylation sites (tertiary alicyclic amines) is 1. The molecule has 3 N–H and O–H groups in total.